The molecule has 0 aromatic heterocycles. The summed E-state index contributed by atoms with van der Waals surface area (Å²) in [4.78, 5) is 0. The van der Waals surface area contributed by atoms with Crippen molar-refractivity contribution in [3.8, 4) is 5.75 Å². The van der Waals surface area contributed by atoms with Crippen LogP contribution in [0.25, 0.3) is 0 Å². The van der Waals surface area contributed by atoms with Gasteiger partial charge in [0.25, 0.3) is 0 Å². The summed E-state index contributed by atoms with van der Waals surface area (Å²) in [5.74, 6) is -0.820. The van der Waals surface area contributed by atoms with Crippen molar-refractivity contribution < 1.29 is 13.5 Å². The largest absolute Gasteiger partial charge is 0.494 e. The van der Waals surface area contributed by atoms with Crippen LogP contribution >= 0.6 is 0 Å². The third kappa shape index (κ3) is 3.79. The highest BCUT2D eigenvalue weighted by Crippen LogP contribution is 2.24. The fourth-order valence-corrected chi connectivity index (χ4v) is 2.30. The van der Waals surface area contributed by atoms with Gasteiger partial charge in [-0.25, -0.2) is 8.78 Å². The highest BCUT2D eigenvalue weighted by atomic mass is 19.2. The molecule has 112 valence electrons. The molecule has 4 heteroatoms. The molecule has 2 nitrogen and oxygen atoms in total. The van der Waals surface area contributed by atoms with Crippen molar-refractivity contribution >= 4 is 0 Å². The van der Waals surface area contributed by atoms with E-state index in [1.54, 1.807) is 13.1 Å². The maximum atomic E-state index is 13.8. The van der Waals surface area contributed by atoms with Crippen molar-refractivity contribution in [3.63, 3.8) is 0 Å². The van der Waals surface area contributed by atoms with Crippen LogP contribution in [0.1, 0.15) is 24.1 Å². The van der Waals surface area contributed by atoms with Gasteiger partial charge in [0.05, 0.1) is 6.61 Å². The summed E-state index contributed by atoms with van der Waals surface area (Å²) in [6, 6.07) is 11.8. The van der Waals surface area contributed by atoms with Crippen LogP contribution in [0, 0.1) is 11.6 Å². The van der Waals surface area contributed by atoms with Gasteiger partial charge in [-0.3, -0.25) is 0 Å². The lowest BCUT2D eigenvalue weighted by Gasteiger charge is -2.18. The molecule has 0 heterocycles. The van der Waals surface area contributed by atoms with E-state index in [1.807, 2.05) is 31.2 Å². The summed E-state index contributed by atoms with van der Waals surface area (Å²) < 4.78 is 32.5. The smallest absolute Gasteiger partial charge is 0.162 e. The van der Waals surface area contributed by atoms with Gasteiger partial charge in [-0.2, -0.15) is 0 Å². The molecule has 0 saturated carbocycles. The summed E-state index contributed by atoms with van der Waals surface area (Å²) in [7, 11) is 1.80. The van der Waals surface area contributed by atoms with E-state index in [0.29, 0.717) is 18.6 Å². The van der Waals surface area contributed by atoms with Gasteiger partial charge in [-0.15, -0.1) is 0 Å². The van der Waals surface area contributed by atoms with Crippen LogP contribution in [-0.2, 0) is 6.42 Å². The monoisotopic (exact) mass is 291 g/mol. The minimum Gasteiger partial charge on any atom is -0.494 e. The topological polar surface area (TPSA) is 21.3 Å². The fraction of sp³-hybridized carbons (Fsp3) is 0.294. The second-order valence-corrected chi connectivity index (χ2v) is 4.76. The predicted molar refractivity (Wildman–Crippen MR) is 79.5 cm³/mol. The van der Waals surface area contributed by atoms with Gasteiger partial charge in [-0.1, -0.05) is 24.3 Å². The van der Waals surface area contributed by atoms with Crippen LogP contribution in [0.5, 0.6) is 5.75 Å². The van der Waals surface area contributed by atoms with Crippen LogP contribution in [0.4, 0.5) is 8.78 Å². The van der Waals surface area contributed by atoms with Crippen molar-refractivity contribution in [1.82, 2.24) is 5.32 Å². The molecule has 2 aromatic rings. The van der Waals surface area contributed by atoms with E-state index in [2.05, 4.69) is 5.32 Å². The number of nitrogens with one attached hydrogen (secondary N) is 1. The Hall–Kier alpha value is -1.94. The molecule has 0 saturated heterocycles. The Morgan fingerprint density at radius 2 is 1.90 bits per heavy atom. The first-order chi connectivity index (χ1) is 10.2. The summed E-state index contributed by atoms with van der Waals surface area (Å²) in [6.07, 6.45) is 0.371. The van der Waals surface area contributed by atoms with Gasteiger partial charge in [-0.05, 0) is 49.7 Å². The zero-order valence-electron chi connectivity index (χ0n) is 12.2. The summed E-state index contributed by atoms with van der Waals surface area (Å²) in [5, 5.41) is 3.14. The molecular weight excluding hydrogens is 272 g/mol. The minimum absolute atomic E-state index is 0.110. The van der Waals surface area contributed by atoms with Crippen molar-refractivity contribution in [1.29, 1.82) is 0 Å². The maximum absolute atomic E-state index is 13.8. The van der Waals surface area contributed by atoms with Gasteiger partial charge in [0, 0.05) is 6.04 Å². The molecule has 0 aliphatic heterocycles. The van der Waals surface area contributed by atoms with Crippen LogP contribution in [0.15, 0.2) is 42.5 Å². The normalized spacial score (nSPS) is 12.2. The number of hydrogen-bond donors (Lipinski definition) is 1. The Balaban J connectivity index is 2.23. The molecule has 0 fully saturated rings. The molecule has 1 unspecified atom stereocenters. The molecule has 0 radical (unpaired) electrons. The van der Waals surface area contributed by atoms with E-state index in [9.17, 15) is 8.78 Å². The molecule has 0 aliphatic rings. The molecule has 1 atom stereocenters. The lowest BCUT2D eigenvalue weighted by atomic mass is 9.98. The van der Waals surface area contributed by atoms with Gasteiger partial charge in [0.1, 0.15) is 5.75 Å². The summed E-state index contributed by atoms with van der Waals surface area (Å²) in [6.45, 7) is 2.51. The third-order valence-electron chi connectivity index (χ3n) is 3.38. The van der Waals surface area contributed by atoms with E-state index in [-0.39, 0.29) is 6.04 Å². The highest BCUT2D eigenvalue weighted by molar-refractivity contribution is 5.32. The van der Waals surface area contributed by atoms with Crippen molar-refractivity contribution in [2.75, 3.05) is 13.7 Å². The van der Waals surface area contributed by atoms with Crippen LogP contribution in [0.3, 0.4) is 0 Å². The molecule has 0 bridgehead atoms. The van der Waals surface area contributed by atoms with E-state index < -0.39 is 11.6 Å². The van der Waals surface area contributed by atoms with Crippen molar-refractivity contribution in [3.05, 3.63) is 65.2 Å². The number of likely N-dealkylation sites (N-methyl/N-ethyl adjacent to an activating group) is 1. The molecule has 0 spiro atoms. The molecular formula is C17H19F2NO. The minimum atomic E-state index is -0.814. The number of rotatable bonds is 6. The molecule has 1 N–H and O–H groups in total. The number of hydrogen-bond acceptors (Lipinski definition) is 2. The van der Waals surface area contributed by atoms with Gasteiger partial charge in [0.15, 0.2) is 11.6 Å². The molecule has 2 aromatic carbocycles. The lowest BCUT2D eigenvalue weighted by Crippen LogP contribution is -2.19. The van der Waals surface area contributed by atoms with Crippen LogP contribution < -0.4 is 10.1 Å². The molecule has 21 heavy (non-hydrogen) atoms. The van der Waals surface area contributed by atoms with Gasteiger partial charge >= 0.3 is 0 Å². The van der Waals surface area contributed by atoms with Crippen molar-refractivity contribution in [2.45, 2.75) is 19.4 Å². The van der Waals surface area contributed by atoms with Crippen LogP contribution in [-0.4, -0.2) is 13.7 Å². The second-order valence-electron chi connectivity index (χ2n) is 4.76. The zero-order valence-corrected chi connectivity index (χ0v) is 12.2. The third-order valence-corrected chi connectivity index (χ3v) is 3.38. The highest BCUT2D eigenvalue weighted by Gasteiger charge is 2.15. The number of ether oxygens (including phenoxy) is 1. The van der Waals surface area contributed by atoms with Crippen LogP contribution in [0.2, 0.25) is 0 Å². The van der Waals surface area contributed by atoms with Gasteiger partial charge in [0.2, 0.25) is 0 Å². The first-order valence-electron chi connectivity index (χ1n) is 6.98. The molecule has 0 aliphatic carbocycles. The number of halogens is 2. The first-order valence-corrected chi connectivity index (χ1v) is 6.98. The maximum Gasteiger partial charge on any atom is 0.162 e. The average molecular weight is 291 g/mol. The zero-order chi connectivity index (χ0) is 15.2. The average Bonchev–Trinajstić information content (AvgIpc) is 2.49. The number of benzene rings is 2. The Labute approximate surface area is 123 Å². The Bertz CT molecular complexity index is 601. The standard InChI is InChI=1S/C17H19F2NO/c1-3-21-14-8-4-6-12(10-14)16(20-2)11-13-7-5-9-15(18)17(13)19/h4-10,16,20H,3,11H2,1-2H3. The second kappa shape index (κ2) is 7.18. The van der Waals surface area contributed by atoms with E-state index in [4.69, 9.17) is 4.74 Å². The Morgan fingerprint density at radius 1 is 1.14 bits per heavy atom. The van der Waals surface area contributed by atoms with Crippen molar-refractivity contribution in [2.24, 2.45) is 0 Å². The van der Waals surface area contributed by atoms with E-state index in [1.165, 1.54) is 6.07 Å². The Kier molecular flexibility index (Phi) is 5.28. The Morgan fingerprint density at radius 3 is 2.62 bits per heavy atom. The molecule has 0 amide bonds. The van der Waals surface area contributed by atoms with Gasteiger partial charge < -0.3 is 10.1 Å². The molecule has 2 rings (SSSR count). The fourth-order valence-electron chi connectivity index (χ4n) is 2.30. The summed E-state index contributed by atoms with van der Waals surface area (Å²) >= 11 is 0. The van der Waals surface area contributed by atoms with E-state index >= 15 is 0 Å². The quantitative estimate of drug-likeness (QED) is 0.872. The lowest BCUT2D eigenvalue weighted by molar-refractivity contribution is 0.339. The first kappa shape index (κ1) is 15.4. The predicted octanol–water partition coefficient (Wildman–Crippen LogP) is 3.87. The summed E-state index contributed by atoms with van der Waals surface area (Å²) in [5.41, 5.74) is 1.34. The van der Waals surface area contributed by atoms with E-state index in [0.717, 1.165) is 17.4 Å². The SMILES string of the molecule is CCOc1cccc(C(Cc2cccc(F)c2F)NC)c1.